The number of carbonyl (C=O) groups is 2. The summed E-state index contributed by atoms with van der Waals surface area (Å²) < 4.78 is 29.5. The SMILES string of the molecule is CC(C)CCCC(C)CCOC(=O)CCCCCCCCCOCC(CNCCSSCCOCCN1CCCCCC1)OCCCCCCCCC(=O)OCCC(C)CCCC(C)C. The van der Waals surface area contributed by atoms with Crippen molar-refractivity contribution in [2.45, 2.75) is 221 Å². The molecule has 0 aromatic carbocycles. The summed E-state index contributed by atoms with van der Waals surface area (Å²) in [6, 6.07) is 0. The number of unbranched alkanes of at least 4 members (excludes halogenated alkanes) is 11. The van der Waals surface area contributed by atoms with Gasteiger partial charge in [0.1, 0.15) is 0 Å². The third-order valence-corrected chi connectivity index (χ3v) is 15.1. The van der Waals surface area contributed by atoms with E-state index in [1.54, 1.807) is 0 Å². The van der Waals surface area contributed by atoms with Crippen LogP contribution in [0.3, 0.4) is 0 Å². The van der Waals surface area contributed by atoms with Gasteiger partial charge in [-0.15, -0.1) is 0 Å². The van der Waals surface area contributed by atoms with Crippen molar-refractivity contribution in [3.63, 3.8) is 0 Å². The normalized spacial score (nSPS) is 15.1. The highest BCUT2D eigenvalue weighted by atomic mass is 33.1. The summed E-state index contributed by atoms with van der Waals surface area (Å²) >= 11 is 0. The standard InChI is InChI=1S/C54H106N2O7S2/c1-48(2)26-24-28-50(5)32-40-62-53(57)30-18-12-8-7-10-16-22-38-60-47-52(46-55-34-44-64-65-45-43-59-42-37-56-35-20-14-15-21-36-56)61-39-23-17-11-9-13-19-31-54(58)63-41-33-51(6)29-25-27-49(3)4/h48-52,55H,7-47H2,1-6H3. The summed E-state index contributed by atoms with van der Waals surface area (Å²) in [4.78, 5) is 26.9. The average molecular weight is 960 g/mol. The van der Waals surface area contributed by atoms with E-state index >= 15 is 0 Å². The summed E-state index contributed by atoms with van der Waals surface area (Å²) in [5, 5.41) is 3.63. The Morgan fingerprint density at radius 2 is 1.02 bits per heavy atom. The van der Waals surface area contributed by atoms with Crippen LogP contribution in [0.5, 0.6) is 0 Å². The highest BCUT2D eigenvalue weighted by molar-refractivity contribution is 8.76. The molecule has 0 saturated carbocycles. The van der Waals surface area contributed by atoms with Crippen molar-refractivity contribution >= 4 is 33.5 Å². The average Bonchev–Trinajstić information content (AvgIpc) is 3.55. The van der Waals surface area contributed by atoms with E-state index in [0.717, 1.165) is 134 Å². The smallest absolute Gasteiger partial charge is 0.305 e. The highest BCUT2D eigenvalue weighted by Crippen LogP contribution is 2.20. The molecule has 0 aliphatic carbocycles. The van der Waals surface area contributed by atoms with Gasteiger partial charge in [0.2, 0.25) is 0 Å². The fourth-order valence-corrected chi connectivity index (χ4v) is 10.1. The molecule has 0 radical (unpaired) electrons. The Bertz CT molecular complexity index is 1030. The molecule has 0 spiro atoms. The lowest BCUT2D eigenvalue weighted by Crippen LogP contribution is -2.34. The summed E-state index contributed by atoms with van der Waals surface area (Å²) in [5.74, 6) is 4.82. The molecule has 0 aromatic heterocycles. The van der Waals surface area contributed by atoms with Crippen LogP contribution in [-0.2, 0) is 33.3 Å². The van der Waals surface area contributed by atoms with Crippen LogP contribution in [0.4, 0.5) is 0 Å². The lowest BCUT2D eigenvalue weighted by atomic mass is 9.98. The van der Waals surface area contributed by atoms with E-state index in [0.29, 0.717) is 44.5 Å². The van der Waals surface area contributed by atoms with Gasteiger partial charge in [0.05, 0.1) is 39.1 Å². The molecule has 1 N–H and O–H groups in total. The first kappa shape index (κ1) is 62.5. The Morgan fingerprint density at radius 1 is 0.508 bits per heavy atom. The second kappa shape index (κ2) is 47.1. The van der Waals surface area contributed by atoms with Gasteiger partial charge in [-0.25, -0.2) is 0 Å². The van der Waals surface area contributed by atoms with Crippen LogP contribution in [0, 0.1) is 23.7 Å². The zero-order valence-electron chi connectivity index (χ0n) is 43.5. The van der Waals surface area contributed by atoms with Crippen LogP contribution in [0.25, 0.3) is 0 Å². The molecule has 0 bridgehead atoms. The van der Waals surface area contributed by atoms with Crippen molar-refractivity contribution in [1.29, 1.82) is 0 Å². The maximum Gasteiger partial charge on any atom is 0.305 e. The van der Waals surface area contributed by atoms with Crippen molar-refractivity contribution < 1.29 is 33.3 Å². The summed E-state index contributed by atoms with van der Waals surface area (Å²) in [7, 11) is 3.83. The van der Waals surface area contributed by atoms with Gasteiger partial charge in [0.15, 0.2) is 0 Å². The van der Waals surface area contributed by atoms with E-state index in [1.165, 1.54) is 109 Å². The zero-order valence-corrected chi connectivity index (χ0v) is 45.1. The maximum absolute atomic E-state index is 12.2. The number of esters is 2. The molecule has 0 aromatic rings. The number of nitrogens with one attached hydrogen (secondary N) is 1. The third-order valence-electron chi connectivity index (χ3n) is 12.7. The van der Waals surface area contributed by atoms with Crippen molar-refractivity contribution in [3.8, 4) is 0 Å². The molecule has 9 nitrogen and oxygen atoms in total. The molecule has 1 heterocycles. The van der Waals surface area contributed by atoms with Gasteiger partial charge in [-0.1, -0.05) is 172 Å². The van der Waals surface area contributed by atoms with Crippen LogP contribution < -0.4 is 5.32 Å². The molecule has 3 atom stereocenters. The number of rotatable bonds is 48. The molecule has 1 fully saturated rings. The topological polar surface area (TPSA) is 95.6 Å². The molecule has 1 saturated heterocycles. The Hall–Kier alpha value is -0.560. The largest absolute Gasteiger partial charge is 0.466 e. The Morgan fingerprint density at radius 3 is 1.57 bits per heavy atom. The Kier molecular flexibility index (Phi) is 45.3. The van der Waals surface area contributed by atoms with E-state index in [2.05, 4.69) is 51.8 Å². The van der Waals surface area contributed by atoms with Gasteiger partial charge in [0, 0.05) is 57.2 Å². The minimum atomic E-state index is -0.0312. The fraction of sp³-hybridized carbons (Fsp3) is 0.963. The molecular weight excluding hydrogens is 853 g/mol. The number of nitrogens with zero attached hydrogens (tertiary/aromatic N) is 1. The molecular formula is C54H106N2O7S2. The quantitative estimate of drug-likeness (QED) is 0.0359. The second-order valence-corrected chi connectivity index (χ2v) is 23.0. The van der Waals surface area contributed by atoms with Crippen molar-refractivity contribution in [3.05, 3.63) is 0 Å². The highest BCUT2D eigenvalue weighted by Gasteiger charge is 2.12. The van der Waals surface area contributed by atoms with Crippen LogP contribution >= 0.6 is 21.6 Å². The first-order chi connectivity index (χ1) is 31.7. The van der Waals surface area contributed by atoms with Gasteiger partial charge in [-0.05, 0) is 88.1 Å². The minimum Gasteiger partial charge on any atom is -0.466 e. The lowest BCUT2D eigenvalue weighted by molar-refractivity contribution is -0.145. The van der Waals surface area contributed by atoms with Crippen LogP contribution in [0.1, 0.15) is 215 Å². The number of likely N-dealkylation sites (tertiary alicyclic amines) is 1. The molecule has 1 aliphatic rings. The predicted molar refractivity (Wildman–Crippen MR) is 280 cm³/mol. The van der Waals surface area contributed by atoms with E-state index in [1.807, 2.05) is 21.6 Å². The molecule has 3 unspecified atom stereocenters. The summed E-state index contributed by atoms with van der Waals surface area (Å²) in [6.45, 7) is 24.0. The van der Waals surface area contributed by atoms with Gasteiger partial charge in [-0.2, -0.15) is 0 Å². The van der Waals surface area contributed by atoms with Gasteiger partial charge in [-0.3, -0.25) is 9.59 Å². The molecule has 1 rings (SSSR count). The number of hydrogen-bond donors (Lipinski definition) is 1. The summed E-state index contributed by atoms with van der Waals surface area (Å²) in [6.07, 6.45) is 30.6. The van der Waals surface area contributed by atoms with E-state index in [-0.39, 0.29) is 18.0 Å². The molecule has 1 aliphatic heterocycles. The third kappa shape index (κ3) is 45.6. The first-order valence-electron chi connectivity index (χ1n) is 27.4. The zero-order chi connectivity index (χ0) is 47.3. The molecule has 65 heavy (non-hydrogen) atoms. The Balaban J connectivity index is 2.17. The van der Waals surface area contributed by atoms with Crippen LogP contribution in [0.2, 0.25) is 0 Å². The van der Waals surface area contributed by atoms with E-state index in [4.69, 9.17) is 23.7 Å². The van der Waals surface area contributed by atoms with Gasteiger partial charge >= 0.3 is 11.9 Å². The second-order valence-electron chi connectivity index (χ2n) is 20.3. The first-order valence-corrected chi connectivity index (χ1v) is 29.9. The molecule has 386 valence electrons. The predicted octanol–water partition coefficient (Wildman–Crippen LogP) is 13.9. The van der Waals surface area contributed by atoms with Crippen molar-refractivity contribution in [2.24, 2.45) is 23.7 Å². The minimum absolute atomic E-state index is 0.0253. The van der Waals surface area contributed by atoms with E-state index < -0.39 is 0 Å². The van der Waals surface area contributed by atoms with E-state index in [9.17, 15) is 9.59 Å². The summed E-state index contributed by atoms with van der Waals surface area (Å²) in [5.41, 5.74) is 0. The number of hydrogen-bond acceptors (Lipinski definition) is 11. The van der Waals surface area contributed by atoms with Crippen molar-refractivity contribution in [2.75, 3.05) is 90.5 Å². The van der Waals surface area contributed by atoms with Gasteiger partial charge in [0.25, 0.3) is 0 Å². The monoisotopic (exact) mass is 959 g/mol. The van der Waals surface area contributed by atoms with Crippen LogP contribution in [0.15, 0.2) is 0 Å². The van der Waals surface area contributed by atoms with Crippen LogP contribution in [-0.4, -0.2) is 113 Å². The number of ether oxygens (including phenoxy) is 5. The Labute approximate surface area is 410 Å². The lowest BCUT2D eigenvalue weighted by Gasteiger charge is -2.19. The van der Waals surface area contributed by atoms with Gasteiger partial charge < -0.3 is 33.9 Å². The fourth-order valence-electron chi connectivity index (χ4n) is 8.24. The number of carbonyl (C=O) groups excluding carboxylic acids is 2. The van der Waals surface area contributed by atoms with Crippen molar-refractivity contribution in [1.82, 2.24) is 10.2 Å². The molecule has 0 amide bonds. The maximum atomic E-state index is 12.2. The molecule has 11 heteroatoms.